The van der Waals surface area contributed by atoms with E-state index in [-0.39, 0.29) is 0 Å². The number of hydrogen-bond donors (Lipinski definition) is 0. The Bertz CT molecular complexity index is 531. The van der Waals surface area contributed by atoms with Gasteiger partial charge in [-0.05, 0) is 35.0 Å². The van der Waals surface area contributed by atoms with Gasteiger partial charge in [0.25, 0.3) is 0 Å². The fourth-order valence-electron chi connectivity index (χ4n) is 1.34. The molecule has 88 valence electrons. The fourth-order valence-corrected chi connectivity index (χ4v) is 1.74. The lowest BCUT2D eigenvalue weighted by Crippen LogP contribution is -1.97. The summed E-state index contributed by atoms with van der Waals surface area (Å²) in [6.07, 6.45) is 2.50. The minimum absolute atomic E-state index is 0.528. The van der Waals surface area contributed by atoms with E-state index < -0.39 is 0 Å². The molecule has 0 aromatic carbocycles. The van der Waals surface area contributed by atoms with E-state index in [4.69, 9.17) is 4.74 Å². The maximum atomic E-state index is 5.69. The van der Waals surface area contributed by atoms with Crippen LogP contribution in [0, 0.1) is 6.92 Å². The van der Waals surface area contributed by atoms with Gasteiger partial charge in [0.2, 0.25) is 5.88 Å². The van der Waals surface area contributed by atoms with Crippen LogP contribution in [-0.2, 0) is 6.42 Å². The number of hydrogen-bond acceptors (Lipinski definition) is 4. The van der Waals surface area contributed by atoms with Crippen molar-refractivity contribution in [1.82, 2.24) is 15.0 Å². The largest absolute Gasteiger partial charge is 0.437 e. The SMILES string of the molecule is CCc1nc(Br)cc(Oc2cccnc2C)n1. The van der Waals surface area contributed by atoms with Gasteiger partial charge in [0.05, 0.1) is 5.69 Å². The predicted molar refractivity (Wildman–Crippen MR) is 68.2 cm³/mol. The molecule has 0 radical (unpaired) electrons. The van der Waals surface area contributed by atoms with E-state index in [9.17, 15) is 0 Å². The fraction of sp³-hybridized carbons (Fsp3) is 0.250. The van der Waals surface area contributed by atoms with Crippen molar-refractivity contribution in [2.45, 2.75) is 20.3 Å². The number of aryl methyl sites for hydroxylation is 2. The lowest BCUT2D eigenvalue weighted by molar-refractivity contribution is 0.452. The zero-order valence-corrected chi connectivity index (χ0v) is 11.2. The highest BCUT2D eigenvalue weighted by molar-refractivity contribution is 9.10. The van der Waals surface area contributed by atoms with Crippen molar-refractivity contribution < 1.29 is 4.74 Å². The molecule has 0 N–H and O–H groups in total. The van der Waals surface area contributed by atoms with Crippen LogP contribution in [-0.4, -0.2) is 15.0 Å². The Kier molecular flexibility index (Phi) is 3.68. The third kappa shape index (κ3) is 3.00. The molecule has 2 aromatic rings. The van der Waals surface area contributed by atoms with E-state index in [1.165, 1.54) is 0 Å². The molecule has 0 spiro atoms. The molecule has 0 aliphatic carbocycles. The van der Waals surface area contributed by atoms with Crippen LogP contribution < -0.4 is 4.74 Å². The van der Waals surface area contributed by atoms with Gasteiger partial charge in [-0.2, -0.15) is 4.98 Å². The molecule has 5 heteroatoms. The molecule has 4 nitrogen and oxygen atoms in total. The van der Waals surface area contributed by atoms with E-state index in [0.717, 1.165) is 22.5 Å². The first-order valence-electron chi connectivity index (χ1n) is 5.32. The first kappa shape index (κ1) is 12.0. The van der Waals surface area contributed by atoms with Gasteiger partial charge in [-0.25, -0.2) is 4.98 Å². The number of halogens is 1. The number of pyridine rings is 1. The summed E-state index contributed by atoms with van der Waals surface area (Å²) in [7, 11) is 0. The smallest absolute Gasteiger partial charge is 0.223 e. The van der Waals surface area contributed by atoms with E-state index in [0.29, 0.717) is 11.6 Å². The molecule has 2 heterocycles. The normalized spacial score (nSPS) is 10.3. The number of nitrogens with zero attached hydrogens (tertiary/aromatic N) is 3. The number of rotatable bonds is 3. The van der Waals surface area contributed by atoms with Gasteiger partial charge >= 0.3 is 0 Å². The Morgan fingerprint density at radius 3 is 2.88 bits per heavy atom. The van der Waals surface area contributed by atoms with E-state index >= 15 is 0 Å². The third-order valence-corrected chi connectivity index (χ3v) is 2.61. The molecule has 0 aliphatic rings. The monoisotopic (exact) mass is 293 g/mol. The van der Waals surface area contributed by atoms with Crippen molar-refractivity contribution in [1.29, 1.82) is 0 Å². The van der Waals surface area contributed by atoms with Gasteiger partial charge in [0, 0.05) is 18.7 Å². The number of aromatic nitrogens is 3. The molecule has 0 atom stereocenters. The molecule has 0 amide bonds. The maximum Gasteiger partial charge on any atom is 0.223 e. The van der Waals surface area contributed by atoms with E-state index in [2.05, 4.69) is 30.9 Å². The van der Waals surface area contributed by atoms with Gasteiger partial charge < -0.3 is 4.74 Å². The standard InChI is InChI=1S/C12H12BrN3O/c1-3-11-15-10(13)7-12(16-11)17-9-5-4-6-14-8(9)2/h4-7H,3H2,1-2H3. The molecular weight excluding hydrogens is 282 g/mol. The molecule has 2 rings (SSSR count). The Labute approximate surface area is 108 Å². The summed E-state index contributed by atoms with van der Waals surface area (Å²) in [4.78, 5) is 12.7. The van der Waals surface area contributed by atoms with Crippen molar-refractivity contribution in [2.24, 2.45) is 0 Å². The maximum absolute atomic E-state index is 5.69. The topological polar surface area (TPSA) is 47.9 Å². The number of ether oxygens (including phenoxy) is 1. The van der Waals surface area contributed by atoms with Crippen LogP contribution in [0.4, 0.5) is 0 Å². The second-order valence-corrected chi connectivity index (χ2v) is 4.30. The third-order valence-electron chi connectivity index (χ3n) is 2.21. The average Bonchev–Trinajstić information content (AvgIpc) is 2.31. The summed E-state index contributed by atoms with van der Waals surface area (Å²) >= 11 is 3.34. The summed E-state index contributed by atoms with van der Waals surface area (Å²) in [6.45, 7) is 3.90. The zero-order chi connectivity index (χ0) is 12.3. The molecule has 0 bridgehead atoms. The summed E-state index contributed by atoms with van der Waals surface area (Å²) in [5, 5.41) is 0. The van der Waals surface area contributed by atoms with Crippen molar-refractivity contribution >= 4 is 15.9 Å². The molecule has 0 unspecified atom stereocenters. The highest BCUT2D eigenvalue weighted by Gasteiger charge is 2.06. The van der Waals surface area contributed by atoms with Crippen LogP contribution in [0.5, 0.6) is 11.6 Å². The van der Waals surface area contributed by atoms with Gasteiger partial charge in [0.15, 0.2) is 5.75 Å². The Hall–Kier alpha value is -1.49. The Balaban J connectivity index is 2.30. The average molecular weight is 294 g/mol. The van der Waals surface area contributed by atoms with Crippen LogP contribution in [0.3, 0.4) is 0 Å². The summed E-state index contributed by atoms with van der Waals surface area (Å²) in [5.41, 5.74) is 0.834. The summed E-state index contributed by atoms with van der Waals surface area (Å²) in [6, 6.07) is 5.44. The van der Waals surface area contributed by atoms with Gasteiger partial charge in [-0.1, -0.05) is 6.92 Å². The van der Waals surface area contributed by atoms with Gasteiger partial charge in [0.1, 0.15) is 10.4 Å². The second kappa shape index (κ2) is 5.23. The molecule has 0 saturated heterocycles. The molecule has 0 aliphatic heterocycles. The molecule has 0 saturated carbocycles. The highest BCUT2D eigenvalue weighted by Crippen LogP contribution is 2.23. The van der Waals surface area contributed by atoms with Gasteiger partial charge in [-0.3, -0.25) is 4.98 Å². The van der Waals surface area contributed by atoms with Crippen molar-refractivity contribution in [3.63, 3.8) is 0 Å². The van der Waals surface area contributed by atoms with Crippen molar-refractivity contribution in [3.8, 4) is 11.6 Å². The summed E-state index contributed by atoms with van der Waals surface area (Å²) < 4.78 is 6.41. The summed E-state index contributed by atoms with van der Waals surface area (Å²) in [5.74, 6) is 1.98. The van der Waals surface area contributed by atoms with Crippen LogP contribution in [0.1, 0.15) is 18.4 Å². The zero-order valence-electron chi connectivity index (χ0n) is 9.64. The van der Waals surface area contributed by atoms with Crippen molar-refractivity contribution in [2.75, 3.05) is 0 Å². The Morgan fingerprint density at radius 2 is 2.18 bits per heavy atom. The lowest BCUT2D eigenvalue weighted by atomic mass is 10.3. The van der Waals surface area contributed by atoms with Crippen LogP contribution in [0.2, 0.25) is 0 Å². The first-order valence-corrected chi connectivity index (χ1v) is 6.11. The lowest BCUT2D eigenvalue weighted by Gasteiger charge is -2.07. The van der Waals surface area contributed by atoms with Gasteiger partial charge in [-0.15, -0.1) is 0 Å². The van der Waals surface area contributed by atoms with Crippen molar-refractivity contribution in [3.05, 3.63) is 40.5 Å². The first-order chi connectivity index (χ1) is 8.19. The minimum Gasteiger partial charge on any atom is -0.437 e. The molecular formula is C12H12BrN3O. The van der Waals surface area contributed by atoms with Crippen LogP contribution in [0.15, 0.2) is 29.0 Å². The predicted octanol–water partition coefficient (Wildman–Crippen LogP) is 3.30. The Morgan fingerprint density at radius 1 is 1.35 bits per heavy atom. The van der Waals surface area contributed by atoms with E-state index in [1.807, 2.05) is 26.0 Å². The minimum atomic E-state index is 0.528. The molecule has 17 heavy (non-hydrogen) atoms. The quantitative estimate of drug-likeness (QED) is 0.815. The highest BCUT2D eigenvalue weighted by atomic mass is 79.9. The second-order valence-electron chi connectivity index (χ2n) is 3.49. The van der Waals surface area contributed by atoms with Crippen LogP contribution in [0.25, 0.3) is 0 Å². The molecule has 2 aromatic heterocycles. The molecule has 0 fully saturated rings. The van der Waals surface area contributed by atoms with E-state index in [1.54, 1.807) is 12.3 Å². The van der Waals surface area contributed by atoms with Crippen LogP contribution >= 0.6 is 15.9 Å².